The fourth-order valence-corrected chi connectivity index (χ4v) is 0.859. The minimum atomic E-state index is -0.156. The van der Waals surface area contributed by atoms with Crippen molar-refractivity contribution in [3.05, 3.63) is 12.3 Å². The largest absolute Gasteiger partial charge is 0.488 e. The van der Waals surface area contributed by atoms with Crippen LogP contribution in [0.3, 0.4) is 0 Å². The standard InChI is InChI=1S/C10H19NO2/c1-5-6-7-8-13-9(2)10(12)11(3)4/h2,5-8H2,1,3-4H3. The zero-order valence-electron chi connectivity index (χ0n) is 8.80. The van der Waals surface area contributed by atoms with E-state index in [4.69, 9.17) is 4.74 Å². The molecule has 1 amide bonds. The van der Waals surface area contributed by atoms with Crippen LogP contribution in [-0.2, 0) is 9.53 Å². The molecule has 0 fully saturated rings. The zero-order chi connectivity index (χ0) is 10.3. The van der Waals surface area contributed by atoms with Crippen LogP contribution in [0.1, 0.15) is 26.2 Å². The van der Waals surface area contributed by atoms with Crippen LogP contribution in [0, 0.1) is 0 Å². The minimum absolute atomic E-state index is 0.156. The maximum Gasteiger partial charge on any atom is 0.287 e. The monoisotopic (exact) mass is 185 g/mol. The van der Waals surface area contributed by atoms with Crippen molar-refractivity contribution >= 4 is 5.91 Å². The molecule has 0 radical (unpaired) electrons. The summed E-state index contributed by atoms with van der Waals surface area (Å²) in [5.74, 6) is 0.0811. The van der Waals surface area contributed by atoms with Crippen molar-refractivity contribution in [2.75, 3.05) is 20.7 Å². The molecule has 13 heavy (non-hydrogen) atoms. The number of carbonyl (C=O) groups excluding carboxylic acids is 1. The number of ether oxygens (including phenoxy) is 1. The van der Waals surface area contributed by atoms with Crippen molar-refractivity contribution < 1.29 is 9.53 Å². The average Bonchev–Trinajstić information content (AvgIpc) is 2.10. The molecule has 0 saturated heterocycles. The average molecular weight is 185 g/mol. The van der Waals surface area contributed by atoms with Gasteiger partial charge in [-0.15, -0.1) is 0 Å². The molecule has 0 aliphatic rings. The number of hydrogen-bond acceptors (Lipinski definition) is 2. The van der Waals surface area contributed by atoms with Crippen molar-refractivity contribution in [1.29, 1.82) is 0 Å². The molecule has 0 aromatic rings. The van der Waals surface area contributed by atoms with Crippen molar-refractivity contribution in [2.24, 2.45) is 0 Å². The Morgan fingerprint density at radius 3 is 2.46 bits per heavy atom. The molecule has 76 valence electrons. The molecule has 0 saturated carbocycles. The number of nitrogens with zero attached hydrogens (tertiary/aromatic N) is 1. The summed E-state index contributed by atoms with van der Waals surface area (Å²) < 4.78 is 5.18. The van der Waals surface area contributed by atoms with E-state index in [1.165, 1.54) is 4.90 Å². The number of hydrogen-bond donors (Lipinski definition) is 0. The Morgan fingerprint density at radius 2 is 2.00 bits per heavy atom. The lowest BCUT2D eigenvalue weighted by Gasteiger charge is -2.13. The van der Waals surface area contributed by atoms with E-state index in [0.29, 0.717) is 6.61 Å². The molecule has 0 unspecified atom stereocenters. The van der Waals surface area contributed by atoms with E-state index >= 15 is 0 Å². The van der Waals surface area contributed by atoms with Gasteiger partial charge in [0.15, 0.2) is 5.76 Å². The summed E-state index contributed by atoms with van der Waals surface area (Å²) in [5.41, 5.74) is 0. The normalized spacial score (nSPS) is 9.46. The lowest BCUT2D eigenvalue weighted by Crippen LogP contribution is -2.24. The second-order valence-electron chi connectivity index (χ2n) is 3.18. The first kappa shape index (κ1) is 12.0. The highest BCUT2D eigenvalue weighted by atomic mass is 16.5. The third-order valence-corrected chi connectivity index (χ3v) is 1.67. The van der Waals surface area contributed by atoms with Gasteiger partial charge in [-0.1, -0.05) is 26.3 Å². The second-order valence-corrected chi connectivity index (χ2v) is 3.18. The molecular formula is C10H19NO2. The lowest BCUT2D eigenvalue weighted by atomic mass is 10.3. The molecule has 0 aliphatic carbocycles. The molecule has 0 aliphatic heterocycles. The number of carbonyl (C=O) groups is 1. The molecule has 0 rings (SSSR count). The SMILES string of the molecule is C=C(OCCCCC)C(=O)N(C)C. The van der Waals surface area contributed by atoms with Gasteiger partial charge in [0, 0.05) is 14.1 Å². The Labute approximate surface area is 80.4 Å². The highest BCUT2D eigenvalue weighted by molar-refractivity contribution is 5.90. The Balaban J connectivity index is 3.57. The quantitative estimate of drug-likeness (QED) is 0.359. The summed E-state index contributed by atoms with van der Waals surface area (Å²) in [7, 11) is 3.37. The van der Waals surface area contributed by atoms with Gasteiger partial charge in [-0.3, -0.25) is 4.79 Å². The fourth-order valence-electron chi connectivity index (χ4n) is 0.859. The molecule has 3 heteroatoms. The van der Waals surface area contributed by atoms with Gasteiger partial charge < -0.3 is 9.64 Å². The van der Waals surface area contributed by atoms with Crippen molar-refractivity contribution in [3.8, 4) is 0 Å². The van der Waals surface area contributed by atoms with Crippen molar-refractivity contribution in [1.82, 2.24) is 4.90 Å². The fraction of sp³-hybridized carbons (Fsp3) is 0.700. The minimum Gasteiger partial charge on any atom is -0.488 e. The number of rotatable bonds is 6. The molecule has 0 atom stereocenters. The maximum absolute atomic E-state index is 11.2. The molecule has 0 aromatic heterocycles. The van der Waals surface area contributed by atoms with Gasteiger partial charge in [0.1, 0.15) is 0 Å². The van der Waals surface area contributed by atoms with Crippen LogP contribution in [0.5, 0.6) is 0 Å². The van der Waals surface area contributed by atoms with Crippen LogP contribution in [0.25, 0.3) is 0 Å². The van der Waals surface area contributed by atoms with E-state index in [1.54, 1.807) is 14.1 Å². The summed E-state index contributed by atoms with van der Waals surface area (Å²) in [6.45, 7) is 6.27. The molecular weight excluding hydrogens is 166 g/mol. The van der Waals surface area contributed by atoms with Crippen molar-refractivity contribution in [3.63, 3.8) is 0 Å². The second kappa shape index (κ2) is 6.52. The van der Waals surface area contributed by atoms with E-state index in [2.05, 4.69) is 13.5 Å². The van der Waals surface area contributed by atoms with E-state index < -0.39 is 0 Å². The van der Waals surface area contributed by atoms with Gasteiger partial charge in [0.05, 0.1) is 6.61 Å². The maximum atomic E-state index is 11.2. The third-order valence-electron chi connectivity index (χ3n) is 1.67. The van der Waals surface area contributed by atoms with Gasteiger partial charge in [0.2, 0.25) is 0 Å². The molecule has 0 bridgehead atoms. The van der Waals surface area contributed by atoms with Gasteiger partial charge in [-0.05, 0) is 6.42 Å². The Hall–Kier alpha value is -0.990. The molecule has 0 N–H and O–H groups in total. The predicted octanol–water partition coefficient (Wildman–Crippen LogP) is 1.80. The van der Waals surface area contributed by atoms with Gasteiger partial charge in [0.25, 0.3) is 5.91 Å². The van der Waals surface area contributed by atoms with E-state index in [-0.39, 0.29) is 11.7 Å². The first-order valence-electron chi connectivity index (χ1n) is 4.63. The molecule has 3 nitrogen and oxygen atoms in total. The molecule has 0 aromatic carbocycles. The van der Waals surface area contributed by atoms with Crippen molar-refractivity contribution in [2.45, 2.75) is 26.2 Å². The first-order valence-corrected chi connectivity index (χ1v) is 4.63. The van der Waals surface area contributed by atoms with Crippen LogP contribution in [0.15, 0.2) is 12.3 Å². The van der Waals surface area contributed by atoms with Crippen LogP contribution < -0.4 is 0 Å². The topological polar surface area (TPSA) is 29.5 Å². The van der Waals surface area contributed by atoms with E-state index in [9.17, 15) is 4.79 Å². The van der Waals surface area contributed by atoms with Crippen LogP contribution >= 0.6 is 0 Å². The zero-order valence-corrected chi connectivity index (χ0v) is 8.80. The van der Waals surface area contributed by atoms with Crippen LogP contribution in [0.4, 0.5) is 0 Å². The van der Waals surface area contributed by atoms with Crippen LogP contribution in [-0.4, -0.2) is 31.5 Å². The Kier molecular flexibility index (Phi) is 6.02. The summed E-state index contributed by atoms with van der Waals surface area (Å²) in [6, 6.07) is 0. The smallest absolute Gasteiger partial charge is 0.287 e. The van der Waals surface area contributed by atoms with Gasteiger partial charge in [-0.2, -0.15) is 0 Å². The third kappa shape index (κ3) is 5.28. The van der Waals surface area contributed by atoms with E-state index in [0.717, 1.165) is 19.3 Å². The highest BCUT2D eigenvalue weighted by Crippen LogP contribution is 2.01. The molecule has 0 spiro atoms. The summed E-state index contributed by atoms with van der Waals surface area (Å²) in [6.07, 6.45) is 3.26. The number of amides is 1. The van der Waals surface area contributed by atoms with Gasteiger partial charge >= 0.3 is 0 Å². The predicted molar refractivity (Wildman–Crippen MR) is 53.3 cm³/mol. The van der Waals surface area contributed by atoms with Gasteiger partial charge in [-0.25, -0.2) is 0 Å². The first-order chi connectivity index (χ1) is 6.09. The summed E-state index contributed by atoms with van der Waals surface area (Å²) in [4.78, 5) is 12.7. The Bertz CT molecular complexity index is 176. The highest BCUT2D eigenvalue weighted by Gasteiger charge is 2.09. The molecule has 0 heterocycles. The van der Waals surface area contributed by atoms with Crippen LogP contribution in [0.2, 0.25) is 0 Å². The lowest BCUT2D eigenvalue weighted by molar-refractivity contribution is -0.128. The summed E-state index contributed by atoms with van der Waals surface area (Å²) in [5, 5.41) is 0. The Morgan fingerprint density at radius 1 is 1.38 bits per heavy atom. The number of likely N-dealkylation sites (N-methyl/N-ethyl adjacent to an activating group) is 1. The summed E-state index contributed by atoms with van der Waals surface area (Å²) >= 11 is 0. The van der Waals surface area contributed by atoms with E-state index in [1.807, 2.05) is 0 Å². The number of unbranched alkanes of at least 4 members (excludes halogenated alkanes) is 2.